The van der Waals surface area contributed by atoms with Crippen LogP contribution in [0.2, 0.25) is 5.02 Å². The quantitative estimate of drug-likeness (QED) is 0.814. The van der Waals surface area contributed by atoms with E-state index in [9.17, 15) is 9.18 Å². The lowest BCUT2D eigenvalue weighted by atomic mass is 10.1. The van der Waals surface area contributed by atoms with E-state index in [4.69, 9.17) is 21.3 Å². The summed E-state index contributed by atoms with van der Waals surface area (Å²) in [6.45, 7) is 6.99. The van der Waals surface area contributed by atoms with Crippen LogP contribution in [0.4, 0.5) is 4.39 Å². The number of halogens is 2. The molecule has 1 aromatic heterocycles. The Kier molecular flexibility index (Phi) is 5.23. The minimum atomic E-state index is -0.715. The number of carbonyl (C=O) groups is 1. The fourth-order valence-electron chi connectivity index (χ4n) is 3.32. The third-order valence-electron chi connectivity index (χ3n) is 4.66. The molecule has 1 aromatic carbocycles. The predicted octanol–water partition coefficient (Wildman–Crippen LogP) is 3.69. The summed E-state index contributed by atoms with van der Waals surface area (Å²) in [6, 6.07) is 3.86. The topological polar surface area (TPSA) is 47.4 Å². The van der Waals surface area contributed by atoms with E-state index in [0.717, 1.165) is 17.9 Å². The first kappa shape index (κ1) is 18.7. The van der Waals surface area contributed by atoms with Gasteiger partial charge in [0.1, 0.15) is 17.4 Å². The molecule has 3 rings (SSSR count). The highest BCUT2D eigenvalue weighted by atomic mass is 35.5. The summed E-state index contributed by atoms with van der Waals surface area (Å²) in [5.74, 6) is 1.09. The molecule has 0 saturated carbocycles. The molecule has 0 saturated heterocycles. The molecular formula is C19H23ClFN3O2. The Morgan fingerprint density at radius 3 is 2.73 bits per heavy atom. The lowest BCUT2D eigenvalue weighted by Crippen LogP contribution is -2.43. The van der Waals surface area contributed by atoms with Crippen LogP contribution in [0.25, 0.3) is 0 Å². The van der Waals surface area contributed by atoms with Gasteiger partial charge >= 0.3 is 0 Å². The first-order valence-corrected chi connectivity index (χ1v) is 9.10. The summed E-state index contributed by atoms with van der Waals surface area (Å²) < 4.78 is 20.9. The van der Waals surface area contributed by atoms with Gasteiger partial charge in [-0.25, -0.2) is 9.37 Å². The molecule has 140 valence electrons. The monoisotopic (exact) mass is 379 g/mol. The third kappa shape index (κ3) is 3.56. The number of hydrogen-bond acceptors (Lipinski definition) is 3. The predicted molar refractivity (Wildman–Crippen MR) is 97.9 cm³/mol. The van der Waals surface area contributed by atoms with Crippen molar-refractivity contribution in [3.8, 4) is 5.75 Å². The minimum Gasteiger partial charge on any atom is -0.479 e. The number of imidazole rings is 1. The third-order valence-corrected chi connectivity index (χ3v) is 4.96. The molecule has 1 aliphatic rings. The van der Waals surface area contributed by atoms with Gasteiger partial charge in [-0.1, -0.05) is 25.4 Å². The number of carbonyl (C=O) groups excluding carboxylic acids is 1. The molecule has 0 aliphatic carbocycles. The van der Waals surface area contributed by atoms with Crippen molar-refractivity contribution in [1.29, 1.82) is 0 Å². The van der Waals surface area contributed by atoms with Gasteiger partial charge in [-0.3, -0.25) is 4.79 Å². The molecule has 26 heavy (non-hydrogen) atoms. The standard InChI is InChI=1S/C19H23ClFN3O2/c1-11(2)18-22-15-10-24(8-7-16(15)23(18)4)19(25)12(3)26-17-6-5-13(21)9-14(17)20/h5-6,9,11-12H,7-8,10H2,1-4H3. The van der Waals surface area contributed by atoms with E-state index in [0.29, 0.717) is 24.8 Å². The summed E-state index contributed by atoms with van der Waals surface area (Å²) in [5, 5.41) is 0.150. The fraction of sp³-hybridized carbons (Fsp3) is 0.474. The Balaban J connectivity index is 1.71. The molecule has 7 heteroatoms. The van der Waals surface area contributed by atoms with Crippen LogP contribution in [0.3, 0.4) is 0 Å². The Morgan fingerprint density at radius 2 is 2.08 bits per heavy atom. The number of aromatic nitrogens is 2. The smallest absolute Gasteiger partial charge is 0.263 e. The van der Waals surface area contributed by atoms with Gasteiger partial charge in [0.15, 0.2) is 6.10 Å². The summed E-state index contributed by atoms with van der Waals surface area (Å²) in [7, 11) is 2.03. The molecule has 2 aromatic rings. The van der Waals surface area contributed by atoms with E-state index < -0.39 is 11.9 Å². The first-order valence-electron chi connectivity index (χ1n) is 8.72. The van der Waals surface area contributed by atoms with Crippen LogP contribution < -0.4 is 4.74 Å². The molecule has 5 nitrogen and oxygen atoms in total. The molecule has 0 spiro atoms. The Hall–Kier alpha value is -2.08. The fourth-order valence-corrected chi connectivity index (χ4v) is 3.53. The van der Waals surface area contributed by atoms with Gasteiger partial charge in [-0.15, -0.1) is 0 Å². The van der Waals surface area contributed by atoms with Crippen LogP contribution in [0.5, 0.6) is 5.75 Å². The van der Waals surface area contributed by atoms with Crippen molar-refractivity contribution < 1.29 is 13.9 Å². The number of amides is 1. The van der Waals surface area contributed by atoms with Crippen LogP contribution in [0.15, 0.2) is 18.2 Å². The Labute approximate surface area is 157 Å². The molecule has 1 aliphatic heterocycles. The molecule has 1 amide bonds. The molecule has 0 fully saturated rings. The summed E-state index contributed by atoms with van der Waals surface area (Å²) in [6.07, 6.45) is 0.0502. The van der Waals surface area contributed by atoms with Crippen molar-refractivity contribution >= 4 is 17.5 Å². The van der Waals surface area contributed by atoms with Crippen molar-refractivity contribution in [2.75, 3.05) is 6.54 Å². The normalized spacial score (nSPS) is 15.1. The second kappa shape index (κ2) is 7.27. The molecule has 1 unspecified atom stereocenters. The van der Waals surface area contributed by atoms with Crippen LogP contribution in [0, 0.1) is 5.82 Å². The lowest BCUT2D eigenvalue weighted by molar-refractivity contribution is -0.139. The number of hydrogen-bond donors (Lipinski definition) is 0. The van der Waals surface area contributed by atoms with Crippen molar-refractivity contribution in [3.05, 3.63) is 46.3 Å². The Morgan fingerprint density at radius 1 is 1.35 bits per heavy atom. The zero-order valence-electron chi connectivity index (χ0n) is 15.4. The Bertz CT molecular complexity index is 834. The van der Waals surface area contributed by atoms with E-state index in [1.165, 1.54) is 23.9 Å². The first-order chi connectivity index (χ1) is 12.3. The van der Waals surface area contributed by atoms with Crippen LogP contribution in [-0.4, -0.2) is 33.0 Å². The molecule has 2 heterocycles. The van der Waals surface area contributed by atoms with Gasteiger partial charge in [0.2, 0.25) is 0 Å². The molecule has 1 atom stereocenters. The second-order valence-electron chi connectivity index (χ2n) is 6.92. The number of nitrogens with zero attached hydrogens (tertiary/aromatic N) is 3. The number of ether oxygens (including phenoxy) is 1. The van der Waals surface area contributed by atoms with E-state index in [2.05, 4.69) is 18.4 Å². The number of fused-ring (bicyclic) bond motifs is 1. The van der Waals surface area contributed by atoms with Crippen molar-refractivity contribution in [2.24, 2.45) is 7.05 Å². The highest BCUT2D eigenvalue weighted by Crippen LogP contribution is 2.27. The van der Waals surface area contributed by atoms with Gasteiger partial charge in [-0.05, 0) is 25.1 Å². The highest BCUT2D eigenvalue weighted by Gasteiger charge is 2.29. The van der Waals surface area contributed by atoms with E-state index in [-0.39, 0.29) is 10.9 Å². The van der Waals surface area contributed by atoms with Crippen molar-refractivity contribution in [3.63, 3.8) is 0 Å². The van der Waals surface area contributed by atoms with Crippen molar-refractivity contribution in [1.82, 2.24) is 14.5 Å². The summed E-state index contributed by atoms with van der Waals surface area (Å²) >= 11 is 5.98. The van der Waals surface area contributed by atoms with Crippen LogP contribution in [-0.2, 0) is 24.8 Å². The highest BCUT2D eigenvalue weighted by molar-refractivity contribution is 6.32. The van der Waals surface area contributed by atoms with Gasteiger partial charge in [0.05, 0.1) is 17.3 Å². The summed E-state index contributed by atoms with van der Waals surface area (Å²) in [5.41, 5.74) is 2.13. The van der Waals surface area contributed by atoms with Gasteiger partial charge in [0.25, 0.3) is 5.91 Å². The maximum atomic E-state index is 13.1. The molecular weight excluding hydrogens is 357 g/mol. The van der Waals surface area contributed by atoms with Crippen molar-refractivity contribution in [2.45, 2.75) is 45.8 Å². The second-order valence-corrected chi connectivity index (χ2v) is 7.33. The average molecular weight is 380 g/mol. The van der Waals surface area contributed by atoms with Gasteiger partial charge < -0.3 is 14.2 Å². The molecule has 0 bridgehead atoms. The van der Waals surface area contributed by atoms with E-state index in [1.807, 2.05) is 7.05 Å². The van der Waals surface area contributed by atoms with Crippen LogP contribution in [0.1, 0.15) is 43.9 Å². The summed E-state index contributed by atoms with van der Waals surface area (Å²) in [4.78, 5) is 19.2. The zero-order valence-corrected chi connectivity index (χ0v) is 16.2. The SMILES string of the molecule is CC(Oc1ccc(F)cc1Cl)C(=O)N1CCc2c(nc(C(C)C)n2C)C1. The lowest BCUT2D eigenvalue weighted by Gasteiger charge is -2.29. The number of benzene rings is 1. The van der Waals surface area contributed by atoms with E-state index >= 15 is 0 Å². The maximum absolute atomic E-state index is 13.1. The zero-order chi connectivity index (χ0) is 19.0. The van der Waals surface area contributed by atoms with E-state index in [1.54, 1.807) is 11.8 Å². The largest absolute Gasteiger partial charge is 0.479 e. The van der Waals surface area contributed by atoms with Crippen LogP contribution >= 0.6 is 11.6 Å². The average Bonchev–Trinajstić information content (AvgIpc) is 2.93. The van der Waals surface area contributed by atoms with Gasteiger partial charge in [0, 0.05) is 31.6 Å². The maximum Gasteiger partial charge on any atom is 0.263 e. The minimum absolute atomic E-state index is 0.132. The number of rotatable bonds is 4. The molecule has 0 N–H and O–H groups in total. The van der Waals surface area contributed by atoms with Gasteiger partial charge in [-0.2, -0.15) is 0 Å². The molecule has 0 radical (unpaired) electrons.